The number of hydrogen-bond donors (Lipinski definition) is 1. The minimum atomic E-state index is -0.530. The second-order valence-corrected chi connectivity index (χ2v) is 10.5. The summed E-state index contributed by atoms with van der Waals surface area (Å²) >= 11 is 0. The first kappa shape index (κ1) is 25.6. The minimum Gasteiger partial charge on any atom is -0.349 e. The van der Waals surface area contributed by atoms with Crippen LogP contribution in [0.15, 0.2) is 58.1 Å². The van der Waals surface area contributed by atoms with E-state index in [4.69, 9.17) is 0 Å². The highest BCUT2D eigenvalue weighted by molar-refractivity contribution is 5.98. The van der Waals surface area contributed by atoms with Crippen molar-refractivity contribution in [3.63, 3.8) is 0 Å². The molecule has 1 aliphatic rings. The molecule has 38 heavy (non-hydrogen) atoms. The van der Waals surface area contributed by atoms with Gasteiger partial charge in [0.25, 0.3) is 11.5 Å². The molecule has 1 saturated carbocycles. The van der Waals surface area contributed by atoms with E-state index in [2.05, 4.69) is 24.3 Å². The van der Waals surface area contributed by atoms with E-state index < -0.39 is 5.69 Å². The number of amides is 1. The Morgan fingerprint density at radius 3 is 2.45 bits per heavy atom. The first-order valence-corrected chi connectivity index (χ1v) is 13.4. The van der Waals surface area contributed by atoms with Gasteiger partial charge in [-0.05, 0) is 43.4 Å². The van der Waals surface area contributed by atoms with Crippen molar-refractivity contribution in [3.8, 4) is 0 Å². The van der Waals surface area contributed by atoms with Gasteiger partial charge in [0.2, 0.25) is 5.78 Å². The molecule has 2 aromatic carbocycles. The Hall–Kier alpha value is -4.01. The average Bonchev–Trinajstić information content (AvgIpc) is 3.24. The monoisotopic (exact) mass is 515 g/mol. The number of aryl methyl sites for hydroxylation is 1. The zero-order valence-corrected chi connectivity index (χ0v) is 21.9. The number of rotatable bonds is 8. The summed E-state index contributed by atoms with van der Waals surface area (Å²) in [6.45, 7) is 4.24. The summed E-state index contributed by atoms with van der Waals surface area (Å²) in [5, 5.41) is 7.86. The van der Waals surface area contributed by atoms with Crippen LogP contribution in [-0.2, 0) is 13.1 Å². The first-order chi connectivity index (χ1) is 18.3. The summed E-state index contributed by atoms with van der Waals surface area (Å²) in [4.78, 5) is 53.1. The molecule has 2 heterocycles. The van der Waals surface area contributed by atoms with Crippen LogP contribution in [0.25, 0.3) is 16.7 Å². The van der Waals surface area contributed by atoms with Gasteiger partial charge < -0.3 is 5.32 Å². The fourth-order valence-corrected chi connectivity index (χ4v) is 5.12. The lowest BCUT2D eigenvalue weighted by Gasteiger charge is -2.22. The smallest absolute Gasteiger partial charge is 0.349 e. The number of fused-ring (bicyclic) bond motifs is 3. The average molecular weight is 516 g/mol. The summed E-state index contributed by atoms with van der Waals surface area (Å²) in [7, 11) is 0. The fraction of sp³-hybridized carbons (Fsp3) is 0.414. The Labute approximate surface area is 220 Å². The Bertz CT molecular complexity index is 1610. The predicted octanol–water partition coefficient (Wildman–Crippen LogP) is 3.80. The third-order valence-corrected chi connectivity index (χ3v) is 7.30. The van der Waals surface area contributed by atoms with Gasteiger partial charge in [0.15, 0.2) is 5.78 Å². The molecule has 1 amide bonds. The maximum atomic E-state index is 13.6. The molecule has 0 aliphatic heterocycles. The van der Waals surface area contributed by atoms with Gasteiger partial charge in [-0.25, -0.2) is 13.9 Å². The van der Waals surface area contributed by atoms with Crippen LogP contribution in [-0.4, -0.2) is 36.5 Å². The van der Waals surface area contributed by atoms with Crippen molar-refractivity contribution < 1.29 is 9.59 Å². The van der Waals surface area contributed by atoms with Crippen molar-refractivity contribution in [1.29, 1.82) is 0 Å². The Morgan fingerprint density at radius 2 is 1.74 bits per heavy atom. The number of aromatic nitrogens is 4. The summed E-state index contributed by atoms with van der Waals surface area (Å²) in [6.07, 6.45) is 5.98. The molecule has 0 spiro atoms. The standard InChI is InChI=1S/C29H33N5O4/c1-19(2)15-16-32-27(37)23-14-13-21(26(36)30-22-11-7-4-8-12-22)17-24(23)34-28(32)31-33(29(34)38)18-25(35)20-9-5-3-6-10-20/h3,5-6,9-10,13-14,17,19,22H,4,7-8,11-12,15-16,18H2,1-2H3,(H,30,36). The number of ketones is 1. The maximum absolute atomic E-state index is 13.6. The lowest BCUT2D eigenvalue weighted by Crippen LogP contribution is -2.36. The minimum absolute atomic E-state index is 0.130. The summed E-state index contributed by atoms with van der Waals surface area (Å²) in [6, 6.07) is 13.7. The van der Waals surface area contributed by atoms with Gasteiger partial charge in [-0.15, -0.1) is 5.10 Å². The van der Waals surface area contributed by atoms with Crippen LogP contribution in [0.2, 0.25) is 0 Å². The Balaban J connectivity index is 1.62. The number of carbonyl (C=O) groups is 2. The molecule has 9 heteroatoms. The van der Waals surface area contributed by atoms with Gasteiger partial charge in [-0.1, -0.05) is 63.4 Å². The van der Waals surface area contributed by atoms with Crippen molar-refractivity contribution in [1.82, 2.24) is 24.1 Å². The molecule has 4 aromatic rings. The van der Waals surface area contributed by atoms with Crippen molar-refractivity contribution in [2.75, 3.05) is 0 Å². The second-order valence-electron chi connectivity index (χ2n) is 10.5. The van der Waals surface area contributed by atoms with E-state index in [9.17, 15) is 19.2 Å². The van der Waals surface area contributed by atoms with Gasteiger partial charge >= 0.3 is 5.69 Å². The molecule has 9 nitrogen and oxygen atoms in total. The van der Waals surface area contributed by atoms with Gasteiger partial charge in [0.05, 0.1) is 10.9 Å². The lowest BCUT2D eigenvalue weighted by molar-refractivity contribution is 0.0926. The summed E-state index contributed by atoms with van der Waals surface area (Å²) < 4.78 is 3.95. The molecule has 1 aliphatic carbocycles. The fourth-order valence-electron chi connectivity index (χ4n) is 5.12. The third-order valence-electron chi connectivity index (χ3n) is 7.30. The van der Waals surface area contributed by atoms with Gasteiger partial charge in [0.1, 0.15) is 6.54 Å². The SMILES string of the molecule is CC(C)CCn1c(=O)c2ccc(C(=O)NC3CCCCC3)cc2n2c(=O)n(CC(=O)c3ccccc3)nc12. The number of carbonyl (C=O) groups excluding carboxylic acids is 2. The first-order valence-electron chi connectivity index (χ1n) is 13.4. The zero-order valence-electron chi connectivity index (χ0n) is 21.9. The predicted molar refractivity (Wildman–Crippen MR) is 146 cm³/mol. The molecule has 2 aromatic heterocycles. The molecular formula is C29H33N5O4. The topological polar surface area (TPSA) is 107 Å². The molecule has 0 radical (unpaired) electrons. The van der Waals surface area contributed by atoms with Crippen LogP contribution in [0.4, 0.5) is 0 Å². The van der Waals surface area contributed by atoms with Gasteiger partial charge in [-0.2, -0.15) is 0 Å². The van der Waals surface area contributed by atoms with Crippen molar-refractivity contribution in [2.45, 2.75) is 71.5 Å². The van der Waals surface area contributed by atoms with E-state index in [-0.39, 0.29) is 35.6 Å². The molecule has 1 fully saturated rings. The highest BCUT2D eigenvalue weighted by atomic mass is 16.2. The lowest BCUT2D eigenvalue weighted by atomic mass is 9.95. The quantitative estimate of drug-likeness (QED) is 0.359. The Kier molecular flexibility index (Phi) is 7.26. The zero-order chi connectivity index (χ0) is 26.8. The number of Topliss-reactive ketones (excluding diaryl/α,β-unsaturated/α-hetero) is 1. The van der Waals surface area contributed by atoms with Crippen LogP contribution < -0.4 is 16.6 Å². The number of benzene rings is 2. The largest absolute Gasteiger partial charge is 0.352 e. The normalized spacial score (nSPS) is 14.4. The van der Waals surface area contributed by atoms with E-state index in [1.165, 1.54) is 15.4 Å². The maximum Gasteiger partial charge on any atom is 0.352 e. The van der Waals surface area contributed by atoms with Gasteiger partial charge in [0, 0.05) is 23.7 Å². The molecular weight excluding hydrogens is 482 g/mol. The molecule has 0 unspecified atom stereocenters. The summed E-state index contributed by atoms with van der Waals surface area (Å²) in [5.74, 6) is 0.00972. The molecule has 1 N–H and O–H groups in total. The van der Waals surface area contributed by atoms with Crippen molar-refractivity contribution in [3.05, 3.63) is 80.5 Å². The van der Waals surface area contributed by atoms with Crippen LogP contribution >= 0.6 is 0 Å². The van der Waals surface area contributed by atoms with E-state index >= 15 is 0 Å². The van der Waals surface area contributed by atoms with E-state index in [1.54, 1.807) is 42.5 Å². The summed E-state index contributed by atoms with van der Waals surface area (Å²) in [5.41, 5.74) is 0.353. The molecule has 5 rings (SSSR count). The number of hydrogen-bond acceptors (Lipinski definition) is 5. The number of nitrogens with one attached hydrogen (secondary N) is 1. The van der Waals surface area contributed by atoms with E-state index in [0.29, 0.717) is 40.9 Å². The molecule has 0 saturated heterocycles. The number of nitrogens with zero attached hydrogens (tertiary/aromatic N) is 4. The third kappa shape index (κ3) is 5.05. The Morgan fingerprint density at radius 1 is 1.00 bits per heavy atom. The second kappa shape index (κ2) is 10.8. The van der Waals surface area contributed by atoms with E-state index in [0.717, 1.165) is 30.4 Å². The van der Waals surface area contributed by atoms with Gasteiger partial charge in [-0.3, -0.25) is 19.0 Å². The highest BCUT2D eigenvalue weighted by Crippen LogP contribution is 2.19. The van der Waals surface area contributed by atoms with E-state index in [1.807, 2.05) is 6.07 Å². The molecule has 0 atom stereocenters. The van der Waals surface area contributed by atoms with Crippen molar-refractivity contribution in [2.24, 2.45) is 5.92 Å². The highest BCUT2D eigenvalue weighted by Gasteiger charge is 2.22. The van der Waals surface area contributed by atoms with Crippen LogP contribution in [0.3, 0.4) is 0 Å². The van der Waals surface area contributed by atoms with Crippen LogP contribution in [0.1, 0.15) is 73.1 Å². The van der Waals surface area contributed by atoms with Crippen molar-refractivity contribution >= 4 is 28.4 Å². The van der Waals surface area contributed by atoms with Crippen LogP contribution in [0.5, 0.6) is 0 Å². The molecule has 0 bridgehead atoms. The van der Waals surface area contributed by atoms with Crippen LogP contribution in [0, 0.1) is 5.92 Å². The molecule has 198 valence electrons.